The van der Waals surface area contributed by atoms with Crippen LogP contribution in [0.5, 0.6) is 11.5 Å². The molecule has 1 atom stereocenters. The molecule has 2 rings (SSSR count). The van der Waals surface area contributed by atoms with E-state index in [2.05, 4.69) is 0 Å². The molecule has 0 radical (unpaired) electrons. The lowest BCUT2D eigenvalue weighted by Crippen LogP contribution is -2.43. The molecule has 0 aromatic heterocycles. The lowest BCUT2D eigenvalue weighted by atomic mass is 10.1. The highest BCUT2D eigenvalue weighted by molar-refractivity contribution is 5.95. The molecule has 1 saturated carbocycles. The number of hydrogen-bond donors (Lipinski definition) is 1. The average Bonchev–Trinajstić information content (AvgIpc) is 3.34. The predicted molar refractivity (Wildman–Crippen MR) is 86.4 cm³/mol. The first-order valence-corrected chi connectivity index (χ1v) is 7.99. The van der Waals surface area contributed by atoms with Crippen molar-refractivity contribution in [1.29, 1.82) is 0 Å². The number of amides is 1. The van der Waals surface area contributed by atoms with E-state index in [4.69, 9.17) is 15.2 Å². The van der Waals surface area contributed by atoms with Gasteiger partial charge < -0.3 is 20.1 Å². The van der Waals surface area contributed by atoms with E-state index in [0.29, 0.717) is 42.7 Å². The normalized spacial score (nSPS) is 15.3. The van der Waals surface area contributed by atoms with Crippen molar-refractivity contribution in [1.82, 2.24) is 4.90 Å². The van der Waals surface area contributed by atoms with Crippen LogP contribution >= 0.6 is 0 Å². The zero-order chi connectivity index (χ0) is 16.1. The Morgan fingerprint density at radius 1 is 1.27 bits per heavy atom. The Hall–Kier alpha value is -1.75. The maximum Gasteiger partial charge on any atom is 0.254 e. The second-order valence-corrected chi connectivity index (χ2v) is 5.58. The van der Waals surface area contributed by atoms with Gasteiger partial charge in [0.1, 0.15) is 0 Å². The van der Waals surface area contributed by atoms with Crippen LogP contribution in [0.1, 0.15) is 37.0 Å². The van der Waals surface area contributed by atoms with Crippen LogP contribution in [-0.2, 0) is 0 Å². The second kappa shape index (κ2) is 7.49. The van der Waals surface area contributed by atoms with Crippen molar-refractivity contribution >= 4 is 5.91 Å². The number of ether oxygens (including phenoxy) is 2. The number of carbonyl (C=O) groups is 1. The van der Waals surface area contributed by atoms with Crippen LogP contribution in [0.2, 0.25) is 0 Å². The zero-order valence-electron chi connectivity index (χ0n) is 13.7. The molecule has 1 unspecified atom stereocenters. The Labute approximate surface area is 132 Å². The number of benzene rings is 1. The summed E-state index contributed by atoms with van der Waals surface area (Å²) in [7, 11) is 1.83. The van der Waals surface area contributed by atoms with Gasteiger partial charge in [-0.2, -0.15) is 0 Å². The van der Waals surface area contributed by atoms with Crippen LogP contribution in [0.15, 0.2) is 18.2 Å². The zero-order valence-corrected chi connectivity index (χ0v) is 13.7. The molecule has 1 aromatic carbocycles. The lowest BCUT2D eigenvalue weighted by Gasteiger charge is -2.27. The molecule has 22 heavy (non-hydrogen) atoms. The Kier molecular flexibility index (Phi) is 5.66. The highest BCUT2D eigenvalue weighted by atomic mass is 16.5. The SMILES string of the molecule is CCOc1ccc(C(=O)N(C)C(CN)C2CC2)cc1OCC. The fourth-order valence-corrected chi connectivity index (χ4v) is 2.69. The molecule has 1 aliphatic rings. The Morgan fingerprint density at radius 3 is 2.45 bits per heavy atom. The predicted octanol–water partition coefficient (Wildman–Crippen LogP) is 2.29. The largest absolute Gasteiger partial charge is 0.490 e. The molecule has 1 amide bonds. The van der Waals surface area contributed by atoms with Gasteiger partial charge in [0.25, 0.3) is 5.91 Å². The minimum Gasteiger partial charge on any atom is -0.490 e. The van der Waals surface area contributed by atoms with Crippen molar-refractivity contribution in [2.24, 2.45) is 11.7 Å². The minimum absolute atomic E-state index is 0.0219. The molecular weight excluding hydrogens is 280 g/mol. The Bertz CT molecular complexity index is 515. The summed E-state index contributed by atoms with van der Waals surface area (Å²) < 4.78 is 11.1. The highest BCUT2D eigenvalue weighted by Crippen LogP contribution is 2.35. The summed E-state index contributed by atoms with van der Waals surface area (Å²) in [6.45, 7) is 5.42. The lowest BCUT2D eigenvalue weighted by molar-refractivity contribution is 0.0718. The van der Waals surface area contributed by atoms with E-state index in [1.54, 1.807) is 23.1 Å². The van der Waals surface area contributed by atoms with Crippen molar-refractivity contribution in [3.8, 4) is 11.5 Å². The highest BCUT2D eigenvalue weighted by Gasteiger charge is 2.35. The standard InChI is InChI=1S/C17H26N2O3/c1-4-21-15-9-8-13(10-16(15)22-5-2)17(20)19(3)14(11-18)12-6-7-12/h8-10,12,14H,4-7,11,18H2,1-3H3. The van der Waals surface area contributed by atoms with Crippen LogP contribution in [0.25, 0.3) is 0 Å². The van der Waals surface area contributed by atoms with Crippen molar-refractivity contribution in [2.75, 3.05) is 26.8 Å². The monoisotopic (exact) mass is 306 g/mol. The number of carbonyl (C=O) groups excluding carboxylic acids is 1. The van der Waals surface area contributed by atoms with Crippen molar-refractivity contribution in [3.05, 3.63) is 23.8 Å². The molecule has 1 fully saturated rings. The van der Waals surface area contributed by atoms with Gasteiger partial charge in [0.05, 0.1) is 13.2 Å². The van der Waals surface area contributed by atoms with E-state index < -0.39 is 0 Å². The van der Waals surface area contributed by atoms with Gasteiger partial charge in [-0.1, -0.05) is 0 Å². The van der Waals surface area contributed by atoms with Gasteiger partial charge in [-0.15, -0.1) is 0 Å². The topological polar surface area (TPSA) is 64.8 Å². The molecule has 0 saturated heterocycles. The first kappa shape index (κ1) is 16.6. The van der Waals surface area contributed by atoms with Crippen LogP contribution in [0.3, 0.4) is 0 Å². The van der Waals surface area contributed by atoms with Gasteiger partial charge in [0, 0.05) is 25.2 Å². The second-order valence-electron chi connectivity index (χ2n) is 5.58. The van der Waals surface area contributed by atoms with E-state index in [1.807, 2.05) is 20.9 Å². The third-order valence-corrected chi connectivity index (χ3v) is 4.02. The van der Waals surface area contributed by atoms with Crippen molar-refractivity contribution < 1.29 is 14.3 Å². The van der Waals surface area contributed by atoms with Gasteiger partial charge in [0.15, 0.2) is 11.5 Å². The number of likely N-dealkylation sites (N-methyl/N-ethyl adjacent to an activating group) is 1. The van der Waals surface area contributed by atoms with E-state index >= 15 is 0 Å². The Balaban J connectivity index is 2.19. The molecule has 5 heteroatoms. The van der Waals surface area contributed by atoms with Crippen molar-refractivity contribution in [3.63, 3.8) is 0 Å². The summed E-state index contributed by atoms with van der Waals surface area (Å²) in [6.07, 6.45) is 2.32. The summed E-state index contributed by atoms with van der Waals surface area (Å²) in [5.41, 5.74) is 6.44. The molecule has 0 heterocycles. The smallest absolute Gasteiger partial charge is 0.254 e. The van der Waals surface area contributed by atoms with Gasteiger partial charge in [0.2, 0.25) is 0 Å². The molecule has 5 nitrogen and oxygen atoms in total. The van der Waals surface area contributed by atoms with E-state index in [-0.39, 0.29) is 11.9 Å². The van der Waals surface area contributed by atoms with E-state index in [1.165, 1.54) is 0 Å². The van der Waals surface area contributed by atoms with E-state index in [9.17, 15) is 4.79 Å². The van der Waals surface area contributed by atoms with Crippen LogP contribution in [0, 0.1) is 5.92 Å². The van der Waals surface area contributed by atoms with Gasteiger partial charge in [-0.25, -0.2) is 0 Å². The third kappa shape index (κ3) is 3.71. The molecule has 0 aliphatic heterocycles. The molecule has 122 valence electrons. The molecule has 2 N–H and O–H groups in total. The summed E-state index contributed by atoms with van der Waals surface area (Å²) >= 11 is 0. The van der Waals surface area contributed by atoms with Crippen LogP contribution in [-0.4, -0.2) is 43.7 Å². The molecule has 0 spiro atoms. The van der Waals surface area contributed by atoms with Crippen molar-refractivity contribution in [2.45, 2.75) is 32.7 Å². The fourth-order valence-electron chi connectivity index (χ4n) is 2.69. The fraction of sp³-hybridized carbons (Fsp3) is 0.588. The number of nitrogens with two attached hydrogens (primary N) is 1. The first-order chi connectivity index (χ1) is 10.6. The van der Waals surface area contributed by atoms with Gasteiger partial charge in [-0.3, -0.25) is 4.79 Å². The number of nitrogens with zero attached hydrogens (tertiary/aromatic N) is 1. The summed E-state index contributed by atoms with van der Waals surface area (Å²) in [5, 5.41) is 0. The maximum absolute atomic E-state index is 12.7. The Morgan fingerprint density at radius 2 is 1.91 bits per heavy atom. The maximum atomic E-state index is 12.7. The van der Waals surface area contributed by atoms with Gasteiger partial charge >= 0.3 is 0 Å². The number of rotatable bonds is 8. The minimum atomic E-state index is -0.0219. The average molecular weight is 306 g/mol. The number of hydrogen-bond acceptors (Lipinski definition) is 4. The summed E-state index contributed by atoms with van der Waals surface area (Å²) in [5.74, 6) is 1.81. The molecule has 0 bridgehead atoms. The third-order valence-electron chi connectivity index (χ3n) is 4.02. The van der Waals surface area contributed by atoms with Crippen LogP contribution in [0.4, 0.5) is 0 Å². The molecular formula is C17H26N2O3. The molecule has 1 aromatic rings. The molecule has 1 aliphatic carbocycles. The summed E-state index contributed by atoms with van der Waals surface area (Å²) in [4.78, 5) is 14.4. The van der Waals surface area contributed by atoms with E-state index in [0.717, 1.165) is 12.8 Å². The first-order valence-electron chi connectivity index (χ1n) is 7.99. The quantitative estimate of drug-likeness (QED) is 0.800. The summed E-state index contributed by atoms with van der Waals surface area (Å²) in [6, 6.07) is 5.46. The van der Waals surface area contributed by atoms with Crippen LogP contribution < -0.4 is 15.2 Å². The van der Waals surface area contributed by atoms with Gasteiger partial charge in [-0.05, 0) is 50.8 Å².